The molecule has 20 heavy (non-hydrogen) atoms. The van der Waals surface area contributed by atoms with Crippen molar-refractivity contribution in [3.63, 3.8) is 0 Å². The Kier molecular flexibility index (Phi) is 5.55. The number of aromatic nitrogens is 2. The summed E-state index contributed by atoms with van der Waals surface area (Å²) in [6.45, 7) is 1.92. The summed E-state index contributed by atoms with van der Waals surface area (Å²) in [5.41, 5.74) is 1.74. The zero-order chi connectivity index (χ0) is 14.4. The van der Waals surface area contributed by atoms with Gasteiger partial charge in [-0.25, -0.2) is 9.97 Å². The maximum Gasteiger partial charge on any atom is 0.225 e. The van der Waals surface area contributed by atoms with Crippen LogP contribution in [0.2, 0.25) is 0 Å². The van der Waals surface area contributed by atoms with Gasteiger partial charge >= 0.3 is 0 Å². The molecule has 1 heterocycles. The predicted molar refractivity (Wildman–Crippen MR) is 84.9 cm³/mol. The van der Waals surface area contributed by atoms with Crippen LogP contribution in [0.1, 0.15) is 12.1 Å². The first-order valence-corrected chi connectivity index (χ1v) is 7.88. The number of rotatable bonds is 5. The highest BCUT2D eigenvalue weighted by atomic mass is 79.9. The molecule has 0 atom stereocenters. The molecule has 0 aliphatic rings. The Bertz CT molecular complexity index is 589. The van der Waals surface area contributed by atoms with Crippen LogP contribution >= 0.6 is 27.7 Å². The number of nitrogens with zero attached hydrogens (tertiary/aromatic N) is 2. The molecule has 6 heteroatoms. The summed E-state index contributed by atoms with van der Waals surface area (Å²) < 4.78 is 0.991. The SMILES string of the molecule is Cc1cc(SCCC(=O)Nc2ccc(Br)cc2)ncn1. The van der Waals surface area contributed by atoms with Crippen molar-refractivity contribution < 1.29 is 4.79 Å². The van der Waals surface area contributed by atoms with Gasteiger partial charge in [-0.3, -0.25) is 4.79 Å². The van der Waals surface area contributed by atoms with E-state index in [0.29, 0.717) is 12.2 Å². The summed E-state index contributed by atoms with van der Waals surface area (Å²) in [5, 5.41) is 3.76. The fourth-order valence-electron chi connectivity index (χ4n) is 1.51. The Labute approximate surface area is 130 Å². The molecular weight excluding hydrogens is 338 g/mol. The van der Waals surface area contributed by atoms with Crippen molar-refractivity contribution in [3.05, 3.63) is 46.8 Å². The highest BCUT2D eigenvalue weighted by Gasteiger charge is 2.04. The Morgan fingerprint density at radius 1 is 1.30 bits per heavy atom. The lowest BCUT2D eigenvalue weighted by molar-refractivity contribution is -0.115. The molecule has 1 amide bonds. The van der Waals surface area contributed by atoms with Crippen LogP contribution in [0.15, 0.2) is 46.2 Å². The second kappa shape index (κ2) is 7.40. The van der Waals surface area contributed by atoms with Gasteiger partial charge in [0.05, 0.1) is 5.03 Å². The highest BCUT2D eigenvalue weighted by molar-refractivity contribution is 9.10. The number of hydrogen-bond donors (Lipinski definition) is 1. The molecule has 4 nitrogen and oxygen atoms in total. The molecule has 1 aromatic carbocycles. The third-order valence-corrected chi connectivity index (χ3v) is 3.94. The fourth-order valence-corrected chi connectivity index (χ4v) is 2.65. The number of hydrogen-bond acceptors (Lipinski definition) is 4. The lowest BCUT2D eigenvalue weighted by atomic mass is 10.3. The lowest BCUT2D eigenvalue weighted by Crippen LogP contribution is -2.12. The van der Waals surface area contributed by atoms with Crippen LogP contribution in [0, 0.1) is 6.92 Å². The molecule has 0 radical (unpaired) electrons. The molecular formula is C14H14BrN3OS. The van der Waals surface area contributed by atoms with E-state index in [4.69, 9.17) is 0 Å². The average Bonchev–Trinajstić information content (AvgIpc) is 2.41. The number of thioether (sulfide) groups is 1. The number of aryl methyl sites for hydroxylation is 1. The summed E-state index contributed by atoms with van der Waals surface area (Å²) in [6, 6.07) is 9.44. The summed E-state index contributed by atoms with van der Waals surface area (Å²) in [6.07, 6.45) is 1.99. The zero-order valence-electron chi connectivity index (χ0n) is 11.0. The summed E-state index contributed by atoms with van der Waals surface area (Å²) in [7, 11) is 0. The average molecular weight is 352 g/mol. The standard InChI is InChI=1S/C14H14BrN3OS/c1-10-8-14(17-9-16-10)20-7-6-13(19)18-12-4-2-11(15)3-5-12/h2-5,8-9H,6-7H2,1H3,(H,18,19). The van der Waals surface area contributed by atoms with E-state index in [2.05, 4.69) is 31.2 Å². The molecule has 0 bridgehead atoms. The third kappa shape index (κ3) is 4.94. The maximum atomic E-state index is 11.8. The van der Waals surface area contributed by atoms with Gasteiger partial charge in [0.15, 0.2) is 0 Å². The van der Waals surface area contributed by atoms with E-state index in [9.17, 15) is 4.79 Å². The van der Waals surface area contributed by atoms with E-state index >= 15 is 0 Å². The minimum absolute atomic E-state index is 0.00519. The molecule has 0 aliphatic carbocycles. The van der Waals surface area contributed by atoms with Gasteiger partial charge in [-0.2, -0.15) is 0 Å². The lowest BCUT2D eigenvalue weighted by Gasteiger charge is -2.05. The molecule has 0 aliphatic heterocycles. The van der Waals surface area contributed by atoms with Gasteiger partial charge in [0.1, 0.15) is 6.33 Å². The minimum Gasteiger partial charge on any atom is -0.326 e. The summed E-state index contributed by atoms with van der Waals surface area (Å²) >= 11 is 4.91. The second-order valence-electron chi connectivity index (χ2n) is 4.15. The molecule has 0 saturated heterocycles. The van der Waals surface area contributed by atoms with E-state index in [0.717, 1.165) is 20.9 Å². The highest BCUT2D eigenvalue weighted by Crippen LogP contribution is 2.17. The van der Waals surface area contributed by atoms with Crippen LogP contribution < -0.4 is 5.32 Å². The van der Waals surface area contributed by atoms with Crippen molar-refractivity contribution in [1.29, 1.82) is 0 Å². The van der Waals surface area contributed by atoms with E-state index in [-0.39, 0.29) is 5.91 Å². The van der Waals surface area contributed by atoms with Gasteiger partial charge < -0.3 is 5.32 Å². The molecule has 0 fully saturated rings. The van der Waals surface area contributed by atoms with Gasteiger partial charge in [-0.1, -0.05) is 15.9 Å². The fraction of sp³-hybridized carbons (Fsp3) is 0.214. The first-order valence-electron chi connectivity index (χ1n) is 6.10. The van der Waals surface area contributed by atoms with Crippen molar-refractivity contribution in [3.8, 4) is 0 Å². The van der Waals surface area contributed by atoms with Gasteiger partial charge in [0.25, 0.3) is 0 Å². The van der Waals surface area contributed by atoms with Crippen LogP contribution in [-0.4, -0.2) is 21.6 Å². The molecule has 0 spiro atoms. The smallest absolute Gasteiger partial charge is 0.225 e. The number of benzene rings is 1. The number of amides is 1. The Morgan fingerprint density at radius 3 is 2.75 bits per heavy atom. The molecule has 1 aromatic heterocycles. The van der Waals surface area contributed by atoms with Crippen LogP contribution in [-0.2, 0) is 4.79 Å². The van der Waals surface area contributed by atoms with Crippen molar-refractivity contribution in [2.24, 2.45) is 0 Å². The van der Waals surface area contributed by atoms with Crippen LogP contribution in [0.4, 0.5) is 5.69 Å². The summed E-state index contributed by atoms with van der Waals surface area (Å²) in [5.74, 6) is 0.698. The van der Waals surface area contributed by atoms with Crippen molar-refractivity contribution in [1.82, 2.24) is 9.97 Å². The quantitative estimate of drug-likeness (QED) is 0.659. The van der Waals surface area contributed by atoms with Gasteiger partial charge in [-0.05, 0) is 37.3 Å². The molecule has 104 valence electrons. The topological polar surface area (TPSA) is 54.9 Å². The molecule has 0 saturated carbocycles. The number of nitrogens with one attached hydrogen (secondary N) is 1. The van der Waals surface area contributed by atoms with Gasteiger partial charge in [-0.15, -0.1) is 11.8 Å². The molecule has 1 N–H and O–H groups in total. The number of halogens is 1. The van der Waals surface area contributed by atoms with E-state index < -0.39 is 0 Å². The van der Waals surface area contributed by atoms with Crippen molar-refractivity contribution in [2.75, 3.05) is 11.1 Å². The van der Waals surface area contributed by atoms with Crippen molar-refractivity contribution in [2.45, 2.75) is 18.4 Å². The molecule has 2 rings (SSSR count). The van der Waals surface area contributed by atoms with E-state index in [1.54, 1.807) is 18.1 Å². The Balaban J connectivity index is 1.76. The summed E-state index contributed by atoms with van der Waals surface area (Å²) in [4.78, 5) is 20.0. The molecule has 2 aromatic rings. The third-order valence-electron chi connectivity index (χ3n) is 2.49. The normalized spacial score (nSPS) is 10.3. The second-order valence-corrected chi connectivity index (χ2v) is 6.18. The van der Waals surface area contributed by atoms with Gasteiger partial charge in [0.2, 0.25) is 5.91 Å². The van der Waals surface area contributed by atoms with Crippen LogP contribution in [0.5, 0.6) is 0 Å². The minimum atomic E-state index is 0.00519. The number of carbonyl (C=O) groups is 1. The monoisotopic (exact) mass is 351 g/mol. The predicted octanol–water partition coefficient (Wildman–Crippen LogP) is 3.67. The van der Waals surface area contributed by atoms with Crippen LogP contribution in [0.3, 0.4) is 0 Å². The zero-order valence-corrected chi connectivity index (χ0v) is 13.4. The van der Waals surface area contributed by atoms with E-state index in [1.165, 1.54) is 0 Å². The molecule has 0 unspecified atom stereocenters. The first-order chi connectivity index (χ1) is 9.63. The van der Waals surface area contributed by atoms with E-state index in [1.807, 2.05) is 37.3 Å². The first kappa shape index (κ1) is 15.0. The van der Waals surface area contributed by atoms with Crippen LogP contribution in [0.25, 0.3) is 0 Å². The largest absolute Gasteiger partial charge is 0.326 e. The van der Waals surface area contributed by atoms with Crippen molar-refractivity contribution >= 4 is 39.3 Å². The number of anilines is 1. The number of carbonyl (C=O) groups excluding carboxylic acids is 1. The van der Waals surface area contributed by atoms with Gasteiger partial charge in [0, 0.05) is 28.0 Å². The Hall–Kier alpha value is -1.40. The maximum absolute atomic E-state index is 11.8. The Morgan fingerprint density at radius 2 is 2.05 bits per heavy atom.